The zero-order valence-corrected chi connectivity index (χ0v) is 20.9. The molecule has 2 aromatic carbocycles. The van der Waals surface area contributed by atoms with E-state index in [1.54, 1.807) is 36.5 Å². The molecule has 10 heteroatoms. The number of aryl methyl sites for hydroxylation is 3. The van der Waals surface area contributed by atoms with Crippen LogP contribution in [0.2, 0.25) is 0 Å². The number of sulfonamides is 1. The van der Waals surface area contributed by atoms with Gasteiger partial charge >= 0.3 is 0 Å². The van der Waals surface area contributed by atoms with Crippen LogP contribution in [0.1, 0.15) is 16.8 Å². The number of hydrogen-bond donors (Lipinski definition) is 2. The van der Waals surface area contributed by atoms with Crippen molar-refractivity contribution in [2.45, 2.75) is 25.7 Å². The van der Waals surface area contributed by atoms with E-state index < -0.39 is 10.0 Å². The number of rotatable bonds is 6. The molecule has 35 heavy (non-hydrogen) atoms. The first kappa shape index (κ1) is 22.9. The summed E-state index contributed by atoms with van der Waals surface area (Å²) in [5.74, 6) is 0.695. The molecular formula is C25H22N6O2S2. The predicted molar refractivity (Wildman–Crippen MR) is 140 cm³/mol. The summed E-state index contributed by atoms with van der Waals surface area (Å²) < 4.78 is 27.9. The lowest BCUT2D eigenvalue weighted by Gasteiger charge is -2.11. The highest BCUT2D eigenvalue weighted by atomic mass is 32.2. The smallest absolute Gasteiger partial charge is 0.264 e. The molecule has 0 unspecified atom stereocenters. The van der Waals surface area contributed by atoms with E-state index in [9.17, 15) is 8.42 Å². The fourth-order valence-corrected chi connectivity index (χ4v) is 5.67. The lowest BCUT2D eigenvalue weighted by atomic mass is 9.99. The Bertz CT molecular complexity index is 1650. The largest absolute Gasteiger partial charge is 0.340 e. The molecule has 0 aliphatic carbocycles. The Morgan fingerprint density at radius 3 is 2.43 bits per heavy atom. The molecule has 2 N–H and O–H groups in total. The zero-order chi connectivity index (χ0) is 24.6. The third kappa shape index (κ3) is 4.71. The van der Waals surface area contributed by atoms with Gasteiger partial charge in [-0.15, -0.1) is 11.3 Å². The minimum Gasteiger partial charge on any atom is -0.340 e. The first-order chi connectivity index (χ1) is 16.8. The van der Waals surface area contributed by atoms with Crippen LogP contribution in [0, 0.1) is 20.8 Å². The van der Waals surface area contributed by atoms with Crippen LogP contribution in [-0.2, 0) is 10.0 Å². The Kier molecular flexibility index (Phi) is 5.91. The number of anilines is 3. The lowest BCUT2D eigenvalue weighted by Crippen LogP contribution is -2.15. The van der Waals surface area contributed by atoms with Gasteiger partial charge in [0.25, 0.3) is 10.0 Å². The summed E-state index contributed by atoms with van der Waals surface area (Å²) in [5, 5.41) is 6.35. The average molecular weight is 503 g/mol. The Morgan fingerprint density at radius 2 is 1.69 bits per heavy atom. The second-order valence-corrected chi connectivity index (χ2v) is 10.7. The van der Waals surface area contributed by atoms with Crippen LogP contribution in [0.4, 0.5) is 17.5 Å². The minimum absolute atomic E-state index is 0.0342. The Labute approximate surface area is 207 Å². The summed E-state index contributed by atoms with van der Waals surface area (Å²) in [6.45, 7) is 5.94. The maximum atomic E-state index is 12.7. The van der Waals surface area contributed by atoms with Gasteiger partial charge in [0, 0.05) is 28.5 Å². The molecule has 5 rings (SSSR count). The number of nitrogens with one attached hydrogen (secondary N) is 2. The van der Waals surface area contributed by atoms with Crippen LogP contribution in [0.3, 0.4) is 0 Å². The molecule has 0 aliphatic rings. The van der Waals surface area contributed by atoms with E-state index >= 15 is 0 Å². The fourth-order valence-electron chi connectivity index (χ4n) is 3.82. The van der Waals surface area contributed by atoms with Crippen molar-refractivity contribution in [3.05, 3.63) is 83.3 Å². The Hall–Kier alpha value is -3.89. The van der Waals surface area contributed by atoms with Gasteiger partial charge in [0.15, 0.2) is 0 Å². The number of hydrogen-bond acceptors (Lipinski definition) is 8. The molecule has 0 amide bonds. The molecule has 0 bridgehead atoms. The van der Waals surface area contributed by atoms with Crippen molar-refractivity contribution in [2.24, 2.45) is 0 Å². The normalized spacial score (nSPS) is 11.5. The standard InChI is InChI=1S/C25H22N6O2S2/c1-15-4-9-20(16(2)12-15)21-13-34-24-22(21)23(27-14-28-24)30-18-5-7-19(8-6-18)35(32,33)31-25-26-11-10-17(3)29-25/h4-14H,1-3H3,(H,26,29,31)(H,27,28,30). The highest BCUT2D eigenvalue weighted by molar-refractivity contribution is 7.92. The molecule has 176 valence electrons. The summed E-state index contributed by atoms with van der Waals surface area (Å²) in [4.78, 5) is 18.0. The molecular weight excluding hydrogens is 480 g/mol. The fraction of sp³-hybridized carbons (Fsp3) is 0.120. The van der Waals surface area contributed by atoms with Crippen LogP contribution < -0.4 is 10.0 Å². The van der Waals surface area contributed by atoms with Gasteiger partial charge in [0.05, 0.1) is 10.3 Å². The molecule has 0 aliphatic heterocycles. The first-order valence-electron chi connectivity index (χ1n) is 10.8. The van der Waals surface area contributed by atoms with Crippen LogP contribution in [0.25, 0.3) is 21.3 Å². The number of benzene rings is 2. The number of fused-ring (bicyclic) bond motifs is 1. The van der Waals surface area contributed by atoms with E-state index in [0.29, 0.717) is 17.2 Å². The summed E-state index contributed by atoms with van der Waals surface area (Å²) >= 11 is 1.56. The molecule has 3 aromatic heterocycles. The van der Waals surface area contributed by atoms with Gasteiger partial charge in [-0.2, -0.15) is 0 Å². The van der Waals surface area contributed by atoms with Crippen molar-refractivity contribution < 1.29 is 8.42 Å². The van der Waals surface area contributed by atoms with E-state index in [1.165, 1.54) is 35.8 Å². The second kappa shape index (κ2) is 9.05. The predicted octanol–water partition coefficient (Wildman–Crippen LogP) is 5.62. The molecule has 5 aromatic rings. The van der Waals surface area contributed by atoms with Gasteiger partial charge in [0.2, 0.25) is 5.95 Å². The number of thiophene rings is 1. The molecule has 0 fully saturated rings. The third-order valence-corrected chi connectivity index (χ3v) is 7.72. The summed E-state index contributed by atoms with van der Waals surface area (Å²) in [6, 6.07) is 14.5. The van der Waals surface area contributed by atoms with Gasteiger partial charge in [0.1, 0.15) is 17.0 Å². The van der Waals surface area contributed by atoms with Crippen molar-refractivity contribution in [2.75, 3.05) is 10.0 Å². The van der Waals surface area contributed by atoms with Crippen molar-refractivity contribution in [3.8, 4) is 11.1 Å². The van der Waals surface area contributed by atoms with Crippen molar-refractivity contribution >= 4 is 49.0 Å². The Morgan fingerprint density at radius 1 is 0.886 bits per heavy atom. The van der Waals surface area contributed by atoms with Gasteiger partial charge in [-0.3, -0.25) is 0 Å². The van der Waals surface area contributed by atoms with E-state index in [4.69, 9.17) is 0 Å². The number of aromatic nitrogens is 4. The van der Waals surface area contributed by atoms with E-state index in [1.807, 2.05) is 0 Å². The highest BCUT2D eigenvalue weighted by Crippen LogP contribution is 2.38. The maximum Gasteiger partial charge on any atom is 0.264 e. The van der Waals surface area contributed by atoms with Crippen LogP contribution in [0.5, 0.6) is 0 Å². The Balaban J connectivity index is 1.44. The molecule has 0 saturated heterocycles. The minimum atomic E-state index is -3.82. The molecule has 0 spiro atoms. The summed E-state index contributed by atoms with van der Waals surface area (Å²) in [7, 11) is -3.82. The van der Waals surface area contributed by atoms with E-state index in [0.717, 1.165) is 21.3 Å². The second-order valence-electron chi connectivity index (χ2n) is 8.15. The molecule has 0 saturated carbocycles. The van der Waals surface area contributed by atoms with Crippen LogP contribution in [0.15, 0.2) is 71.3 Å². The van der Waals surface area contributed by atoms with Crippen molar-refractivity contribution in [1.82, 2.24) is 19.9 Å². The lowest BCUT2D eigenvalue weighted by molar-refractivity contribution is 0.601. The van der Waals surface area contributed by atoms with Gasteiger partial charge < -0.3 is 5.32 Å². The molecule has 8 nitrogen and oxygen atoms in total. The van der Waals surface area contributed by atoms with Crippen LogP contribution in [-0.4, -0.2) is 28.4 Å². The van der Waals surface area contributed by atoms with Gasteiger partial charge in [-0.25, -0.2) is 33.1 Å². The van der Waals surface area contributed by atoms with Crippen LogP contribution >= 0.6 is 11.3 Å². The molecule has 0 radical (unpaired) electrons. The van der Waals surface area contributed by atoms with Crippen molar-refractivity contribution in [1.29, 1.82) is 0 Å². The van der Waals surface area contributed by atoms with E-state index in [2.05, 4.69) is 67.4 Å². The summed E-state index contributed by atoms with van der Waals surface area (Å²) in [6.07, 6.45) is 3.03. The highest BCUT2D eigenvalue weighted by Gasteiger charge is 2.17. The zero-order valence-electron chi connectivity index (χ0n) is 19.3. The third-order valence-electron chi connectivity index (χ3n) is 5.49. The average Bonchev–Trinajstić information content (AvgIpc) is 3.24. The first-order valence-corrected chi connectivity index (χ1v) is 13.2. The quantitative estimate of drug-likeness (QED) is 0.310. The molecule has 0 atom stereocenters. The summed E-state index contributed by atoms with van der Waals surface area (Å²) in [5.41, 5.74) is 5.95. The van der Waals surface area contributed by atoms with Gasteiger partial charge in [-0.05, 0) is 62.2 Å². The van der Waals surface area contributed by atoms with Crippen molar-refractivity contribution in [3.63, 3.8) is 0 Å². The molecule has 3 heterocycles. The SMILES string of the molecule is Cc1ccc(-c2csc3ncnc(Nc4ccc(S(=O)(=O)Nc5nccc(C)n5)cc4)c23)c(C)c1. The maximum absolute atomic E-state index is 12.7. The monoisotopic (exact) mass is 502 g/mol. The topological polar surface area (TPSA) is 110 Å². The number of nitrogens with zero attached hydrogens (tertiary/aromatic N) is 4. The van der Waals surface area contributed by atoms with E-state index in [-0.39, 0.29) is 10.8 Å². The van der Waals surface area contributed by atoms with Gasteiger partial charge in [-0.1, -0.05) is 23.8 Å².